The molecule has 0 bridgehead atoms. The molecule has 2 N–H and O–H groups in total. The number of aryl methyl sites for hydroxylation is 1. The Hall–Kier alpha value is -2.76. The van der Waals surface area contributed by atoms with Crippen LogP contribution in [0.15, 0.2) is 36.4 Å². The van der Waals surface area contributed by atoms with Gasteiger partial charge < -0.3 is 10.6 Å². The van der Waals surface area contributed by atoms with E-state index in [1.165, 1.54) is 25.1 Å². The molecule has 0 atom stereocenters. The molecule has 0 radical (unpaired) electrons. The summed E-state index contributed by atoms with van der Waals surface area (Å²) < 4.78 is 27.0. The van der Waals surface area contributed by atoms with Crippen LogP contribution in [-0.4, -0.2) is 18.4 Å². The molecular weight excluding hydrogens is 314 g/mol. The smallest absolute Gasteiger partial charge is 0.251 e. The fraction of sp³-hybridized carbons (Fsp3) is 0.222. The Balaban J connectivity index is 2.01. The molecule has 0 aliphatic heterocycles. The normalized spacial score (nSPS) is 10.3. The highest BCUT2D eigenvalue weighted by Gasteiger charge is 2.11. The Morgan fingerprint density at radius 2 is 1.75 bits per heavy atom. The standard InChI is InChI=1S/C18H18F2N2O2/c1-11-6-7-13(10-17(11)22-12(2)23)18(24)21-9-8-14-15(19)4-3-5-16(14)20/h3-7,10H,8-9H2,1-2H3,(H,21,24)(H,22,23). The van der Waals surface area contributed by atoms with Gasteiger partial charge in [0, 0.05) is 30.3 Å². The topological polar surface area (TPSA) is 58.2 Å². The van der Waals surface area contributed by atoms with Crippen molar-refractivity contribution in [3.63, 3.8) is 0 Å². The van der Waals surface area contributed by atoms with Gasteiger partial charge in [-0.1, -0.05) is 12.1 Å². The molecule has 0 unspecified atom stereocenters. The molecule has 2 aromatic rings. The lowest BCUT2D eigenvalue weighted by molar-refractivity contribution is -0.114. The van der Waals surface area contributed by atoms with E-state index in [0.717, 1.165) is 5.56 Å². The van der Waals surface area contributed by atoms with E-state index in [1.54, 1.807) is 18.2 Å². The number of hydrogen-bond donors (Lipinski definition) is 2. The highest BCUT2D eigenvalue weighted by Crippen LogP contribution is 2.17. The molecule has 0 aliphatic rings. The first-order valence-electron chi connectivity index (χ1n) is 7.48. The van der Waals surface area contributed by atoms with Crippen LogP contribution in [0.4, 0.5) is 14.5 Å². The summed E-state index contributed by atoms with van der Waals surface area (Å²) in [5.74, 6) is -1.87. The molecular formula is C18H18F2N2O2. The quantitative estimate of drug-likeness (QED) is 0.883. The Labute approximate surface area is 138 Å². The van der Waals surface area contributed by atoms with Gasteiger partial charge >= 0.3 is 0 Å². The van der Waals surface area contributed by atoms with Crippen molar-refractivity contribution in [1.82, 2.24) is 5.32 Å². The molecule has 6 heteroatoms. The summed E-state index contributed by atoms with van der Waals surface area (Å²) in [7, 11) is 0. The molecule has 2 amide bonds. The second-order valence-corrected chi connectivity index (χ2v) is 5.42. The van der Waals surface area contributed by atoms with Crippen molar-refractivity contribution in [1.29, 1.82) is 0 Å². The fourth-order valence-electron chi connectivity index (χ4n) is 2.26. The van der Waals surface area contributed by atoms with Crippen molar-refractivity contribution in [3.05, 3.63) is 64.7 Å². The molecule has 0 heterocycles. The van der Waals surface area contributed by atoms with Gasteiger partial charge in [-0.2, -0.15) is 0 Å². The first-order valence-corrected chi connectivity index (χ1v) is 7.48. The van der Waals surface area contributed by atoms with Crippen LogP contribution in [0.5, 0.6) is 0 Å². The lowest BCUT2D eigenvalue weighted by atomic mass is 10.1. The van der Waals surface area contributed by atoms with E-state index in [9.17, 15) is 18.4 Å². The van der Waals surface area contributed by atoms with Gasteiger partial charge in [-0.05, 0) is 43.2 Å². The van der Waals surface area contributed by atoms with Gasteiger partial charge in [-0.25, -0.2) is 8.78 Å². The summed E-state index contributed by atoms with van der Waals surface area (Å²) in [4.78, 5) is 23.3. The van der Waals surface area contributed by atoms with Crippen LogP contribution >= 0.6 is 0 Å². The van der Waals surface area contributed by atoms with E-state index in [1.807, 2.05) is 6.92 Å². The summed E-state index contributed by atoms with van der Waals surface area (Å²) in [6.45, 7) is 3.29. The maximum absolute atomic E-state index is 13.5. The highest BCUT2D eigenvalue weighted by molar-refractivity contribution is 5.97. The van der Waals surface area contributed by atoms with Crippen molar-refractivity contribution >= 4 is 17.5 Å². The van der Waals surface area contributed by atoms with E-state index < -0.39 is 11.6 Å². The van der Waals surface area contributed by atoms with Gasteiger partial charge in [0.25, 0.3) is 5.91 Å². The second-order valence-electron chi connectivity index (χ2n) is 5.42. The Bertz CT molecular complexity index is 755. The molecule has 0 aliphatic carbocycles. The molecule has 0 fully saturated rings. The lowest BCUT2D eigenvalue weighted by Gasteiger charge is -2.10. The summed E-state index contributed by atoms with van der Waals surface area (Å²) in [6, 6.07) is 8.56. The third-order valence-corrected chi connectivity index (χ3v) is 3.53. The zero-order chi connectivity index (χ0) is 17.7. The Kier molecular flexibility index (Phi) is 5.63. The third kappa shape index (κ3) is 4.38. The number of halogens is 2. The van der Waals surface area contributed by atoms with Crippen LogP contribution in [0.2, 0.25) is 0 Å². The van der Waals surface area contributed by atoms with Gasteiger partial charge in [0.15, 0.2) is 0 Å². The van der Waals surface area contributed by atoms with Gasteiger partial charge in [0.05, 0.1) is 0 Å². The zero-order valence-electron chi connectivity index (χ0n) is 13.5. The second kappa shape index (κ2) is 7.68. The number of anilines is 1. The number of benzene rings is 2. The highest BCUT2D eigenvalue weighted by atomic mass is 19.1. The fourth-order valence-corrected chi connectivity index (χ4v) is 2.26. The molecule has 0 saturated carbocycles. The molecule has 0 aromatic heterocycles. The summed E-state index contributed by atoms with van der Waals surface area (Å²) in [5.41, 5.74) is 1.68. The lowest BCUT2D eigenvalue weighted by Crippen LogP contribution is -2.26. The predicted octanol–water partition coefficient (Wildman–Crippen LogP) is 3.20. The van der Waals surface area contributed by atoms with Crippen LogP contribution < -0.4 is 10.6 Å². The average molecular weight is 332 g/mol. The van der Waals surface area contributed by atoms with Gasteiger partial charge in [-0.15, -0.1) is 0 Å². The first kappa shape index (κ1) is 17.6. The number of carbonyl (C=O) groups is 2. The van der Waals surface area contributed by atoms with Crippen LogP contribution in [0.25, 0.3) is 0 Å². The first-order chi connectivity index (χ1) is 11.4. The summed E-state index contributed by atoms with van der Waals surface area (Å²) >= 11 is 0. The minimum atomic E-state index is -0.632. The molecule has 126 valence electrons. The van der Waals surface area contributed by atoms with Crippen molar-refractivity contribution in [2.24, 2.45) is 0 Å². The number of carbonyl (C=O) groups excluding carboxylic acids is 2. The van der Waals surface area contributed by atoms with Crippen molar-refractivity contribution < 1.29 is 18.4 Å². The van der Waals surface area contributed by atoms with Crippen LogP contribution in [0.3, 0.4) is 0 Å². The molecule has 4 nitrogen and oxygen atoms in total. The summed E-state index contributed by atoms with van der Waals surface area (Å²) in [6.07, 6.45) is 0.0503. The minimum absolute atomic E-state index is 0.0503. The molecule has 0 saturated heterocycles. The van der Waals surface area contributed by atoms with E-state index >= 15 is 0 Å². The molecule has 0 spiro atoms. The average Bonchev–Trinajstić information content (AvgIpc) is 2.51. The predicted molar refractivity (Wildman–Crippen MR) is 87.9 cm³/mol. The van der Waals surface area contributed by atoms with E-state index in [4.69, 9.17) is 0 Å². The van der Waals surface area contributed by atoms with Gasteiger partial charge in [-0.3, -0.25) is 9.59 Å². The SMILES string of the molecule is CC(=O)Nc1cc(C(=O)NCCc2c(F)cccc2F)ccc1C. The van der Waals surface area contributed by atoms with Crippen molar-refractivity contribution in [3.8, 4) is 0 Å². The van der Waals surface area contributed by atoms with Crippen molar-refractivity contribution in [2.75, 3.05) is 11.9 Å². The van der Waals surface area contributed by atoms with Crippen LogP contribution in [-0.2, 0) is 11.2 Å². The maximum Gasteiger partial charge on any atom is 0.251 e. The zero-order valence-corrected chi connectivity index (χ0v) is 13.5. The Morgan fingerprint density at radius 3 is 2.38 bits per heavy atom. The van der Waals surface area contributed by atoms with E-state index in [-0.39, 0.29) is 30.3 Å². The monoisotopic (exact) mass is 332 g/mol. The van der Waals surface area contributed by atoms with Crippen LogP contribution in [0.1, 0.15) is 28.4 Å². The van der Waals surface area contributed by atoms with E-state index in [0.29, 0.717) is 11.3 Å². The molecule has 24 heavy (non-hydrogen) atoms. The molecule has 2 aromatic carbocycles. The summed E-state index contributed by atoms with van der Waals surface area (Å²) in [5, 5.41) is 5.26. The number of rotatable bonds is 5. The van der Waals surface area contributed by atoms with E-state index in [2.05, 4.69) is 10.6 Å². The van der Waals surface area contributed by atoms with Gasteiger partial charge in [0.1, 0.15) is 11.6 Å². The van der Waals surface area contributed by atoms with Crippen molar-refractivity contribution in [2.45, 2.75) is 20.3 Å². The number of nitrogens with one attached hydrogen (secondary N) is 2. The van der Waals surface area contributed by atoms with Crippen LogP contribution in [0, 0.1) is 18.6 Å². The van der Waals surface area contributed by atoms with Gasteiger partial charge in [0.2, 0.25) is 5.91 Å². The Morgan fingerprint density at radius 1 is 1.08 bits per heavy atom. The third-order valence-electron chi connectivity index (χ3n) is 3.53. The number of amides is 2. The largest absolute Gasteiger partial charge is 0.352 e. The maximum atomic E-state index is 13.5. The number of hydrogen-bond acceptors (Lipinski definition) is 2. The minimum Gasteiger partial charge on any atom is -0.352 e. The molecule has 2 rings (SSSR count).